The normalized spacial score (nSPS) is 12.4. The molecule has 8 aromatic rings. The second-order valence-electron chi connectivity index (χ2n) is 15.3. The van der Waals surface area contributed by atoms with E-state index < -0.39 is 19.2 Å². The number of aromatic nitrogens is 3. The Morgan fingerprint density at radius 3 is 2.25 bits per heavy atom. The molecule has 0 saturated carbocycles. The maximum atomic E-state index is 8.44. The monoisotopic (exact) mass is 941 g/mol. The summed E-state index contributed by atoms with van der Waals surface area (Å²) in [6.07, 6.45) is 2.00. The predicted molar refractivity (Wildman–Crippen MR) is 224 cm³/mol. The van der Waals surface area contributed by atoms with Gasteiger partial charge in [-0.1, -0.05) is 67.3 Å². The summed E-state index contributed by atoms with van der Waals surface area (Å²) in [5.74, 6) is 7.98. The molecular formula is C46H47GeIrN3S-2. The first-order valence-electron chi connectivity index (χ1n) is 18.5. The van der Waals surface area contributed by atoms with E-state index in [1.807, 2.05) is 55.6 Å². The fourth-order valence-electron chi connectivity index (χ4n) is 6.98. The maximum absolute atomic E-state index is 8.44. The minimum Gasteiger partial charge on any atom is 0 e. The summed E-state index contributed by atoms with van der Waals surface area (Å²) < 4.78 is 14.7. The summed E-state index contributed by atoms with van der Waals surface area (Å²) in [6.45, 7) is 12.9. The van der Waals surface area contributed by atoms with Gasteiger partial charge < -0.3 is 4.57 Å². The first kappa shape index (κ1) is 36.7. The topological polar surface area (TPSA) is 30.7 Å². The molecule has 0 aliphatic heterocycles. The van der Waals surface area contributed by atoms with E-state index in [-0.39, 0.29) is 20.1 Å². The summed E-state index contributed by atoms with van der Waals surface area (Å²) in [4.78, 5) is 9.86. The molecule has 3 nitrogen and oxygen atoms in total. The minimum absolute atomic E-state index is 0. The number of nitrogens with zero attached hydrogens (tertiary/aromatic N) is 3. The van der Waals surface area contributed by atoms with Crippen LogP contribution in [-0.2, 0) is 20.1 Å². The number of pyridine rings is 1. The molecule has 0 bridgehead atoms. The van der Waals surface area contributed by atoms with E-state index >= 15 is 0 Å². The van der Waals surface area contributed by atoms with Gasteiger partial charge in [-0.15, -0.1) is 18.2 Å². The van der Waals surface area contributed by atoms with Crippen molar-refractivity contribution in [1.29, 1.82) is 0 Å². The van der Waals surface area contributed by atoms with Gasteiger partial charge >= 0.3 is 120 Å². The zero-order valence-corrected chi connectivity index (χ0v) is 36.9. The van der Waals surface area contributed by atoms with Gasteiger partial charge in [-0.05, 0) is 52.9 Å². The van der Waals surface area contributed by atoms with Crippen LogP contribution in [0.15, 0.2) is 103 Å². The molecule has 8 rings (SSSR count). The molecule has 0 saturated heterocycles. The maximum Gasteiger partial charge on any atom is 0 e. The Balaban J connectivity index is 0.000000199. The van der Waals surface area contributed by atoms with Gasteiger partial charge in [0.2, 0.25) is 0 Å². The molecule has 0 unspecified atom stereocenters. The third-order valence-electron chi connectivity index (χ3n) is 9.68. The number of hydrogen-bond acceptors (Lipinski definition) is 3. The molecular weight excluding hydrogens is 891 g/mol. The fourth-order valence-corrected chi connectivity index (χ4v) is 11.5. The summed E-state index contributed by atoms with van der Waals surface area (Å²) >= 11 is -0.162. The smallest absolute Gasteiger partial charge is 0 e. The molecule has 3 heterocycles. The Kier molecular flexibility index (Phi) is 10.9. The number of fused-ring (bicyclic) bond motifs is 6. The number of benzene rings is 5. The molecule has 3 aromatic heterocycles. The standard InChI is InChI=1S/C29H25N2S.C17H22GeN.Ir/c1-17(2)20-12-14-22-23-10-7-11-24(28(23)32-26(22)16-20)29-30-27-21-9-6-5-8-19(21)13-15-25(27)31(29)18(3)4;1-13(2)15-11-17(14-9-7-6-8-10-14)19-12-16(15)18(3,4)5;/h5-10,12-18H,1-4H3;6-9,11-13H,1-5H3;/q2*-1;/i;13D;. The van der Waals surface area contributed by atoms with Crippen molar-refractivity contribution in [2.75, 3.05) is 0 Å². The van der Waals surface area contributed by atoms with Crippen molar-refractivity contribution >= 4 is 71.0 Å². The van der Waals surface area contributed by atoms with E-state index in [1.165, 1.54) is 46.4 Å². The average Bonchev–Trinajstić information content (AvgIpc) is 3.70. The molecule has 0 spiro atoms. The van der Waals surface area contributed by atoms with Crippen molar-refractivity contribution in [2.24, 2.45) is 0 Å². The summed E-state index contributed by atoms with van der Waals surface area (Å²) in [5.41, 5.74) is 7.76. The van der Waals surface area contributed by atoms with Gasteiger partial charge in [0.1, 0.15) is 0 Å². The fraction of sp³-hybridized carbons (Fsp3) is 0.261. The second-order valence-corrected chi connectivity index (χ2v) is 26.9. The van der Waals surface area contributed by atoms with Gasteiger partial charge in [0.15, 0.2) is 0 Å². The van der Waals surface area contributed by atoms with Gasteiger partial charge in [0, 0.05) is 36.2 Å². The summed E-state index contributed by atoms with van der Waals surface area (Å²) in [5, 5.41) is 5.05. The van der Waals surface area contributed by atoms with E-state index in [4.69, 9.17) is 6.35 Å². The molecule has 52 heavy (non-hydrogen) atoms. The Morgan fingerprint density at radius 2 is 1.56 bits per heavy atom. The van der Waals surface area contributed by atoms with E-state index in [9.17, 15) is 0 Å². The zero-order chi connectivity index (χ0) is 36.9. The molecule has 6 heteroatoms. The predicted octanol–water partition coefficient (Wildman–Crippen LogP) is 12.9. The second kappa shape index (κ2) is 15.4. The van der Waals surface area contributed by atoms with Crippen LogP contribution >= 0.6 is 11.3 Å². The Hall–Kier alpha value is -3.61. The van der Waals surface area contributed by atoms with Gasteiger partial charge in [-0.2, -0.15) is 11.3 Å². The van der Waals surface area contributed by atoms with Gasteiger partial charge in [-0.25, -0.2) is 0 Å². The van der Waals surface area contributed by atoms with Crippen LogP contribution in [0.1, 0.15) is 71.9 Å². The Bertz CT molecular complexity index is 2560. The quantitative estimate of drug-likeness (QED) is 0.123. The van der Waals surface area contributed by atoms with Crippen molar-refractivity contribution in [3.05, 3.63) is 127 Å². The van der Waals surface area contributed by atoms with Crippen LogP contribution in [-0.4, -0.2) is 27.8 Å². The van der Waals surface area contributed by atoms with Crippen LogP contribution in [0.25, 0.3) is 64.6 Å². The Morgan fingerprint density at radius 1 is 0.788 bits per heavy atom. The first-order valence-corrected chi connectivity index (χ1v) is 26.1. The number of thiophene rings is 1. The minimum atomic E-state index is -2.03. The molecule has 0 atom stereocenters. The van der Waals surface area contributed by atoms with Crippen LogP contribution in [0.2, 0.25) is 17.3 Å². The third kappa shape index (κ3) is 7.30. The summed E-state index contributed by atoms with van der Waals surface area (Å²) in [6, 6.07) is 41.1. The molecule has 5 aromatic carbocycles. The zero-order valence-electron chi connectivity index (χ0n) is 32.6. The molecule has 0 N–H and O–H groups in total. The molecule has 0 aliphatic rings. The van der Waals surface area contributed by atoms with Crippen molar-refractivity contribution < 1.29 is 21.5 Å². The van der Waals surface area contributed by atoms with Crippen molar-refractivity contribution in [1.82, 2.24) is 14.5 Å². The van der Waals surface area contributed by atoms with Gasteiger partial charge in [0.25, 0.3) is 0 Å². The van der Waals surface area contributed by atoms with Crippen LogP contribution in [0, 0.1) is 12.1 Å². The largest absolute Gasteiger partial charge is 0 e. The van der Waals surface area contributed by atoms with Crippen molar-refractivity contribution in [3.63, 3.8) is 0 Å². The van der Waals surface area contributed by atoms with E-state index in [2.05, 4.69) is 139 Å². The van der Waals surface area contributed by atoms with Crippen LogP contribution in [0.4, 0.5) is 0 Å². The molecule has 267 valence electrons. The molecule has 0 fully saturated rings. The van der Waals surface area contributed by atoms with Crippen molar-refractivity contribution in [2.45, 2.75) is 76.7 Å². The number of hydrogen-bond donors (Lipinski definition) is 0. The summed E-state index contributed by atoms with van der Waals surface area (Å²) in [7, 11) is 0. The van der Waals surface area contributed by atoms with Crippen molar-refractivity contribution in [3.8, 4) is 22.6 Å². The average molecular weight is 940 g/mol. The molecule has 0 amide bonds. The van der Waals surface area contributed by atoms with Gasteiger partial charge in [-0.3, -0.25) is 4.98 Å². The van der Waals surface area contributed by atoms with E-state index in [0.29, 0.717) is 12.0 Å². The number of rotatable bonds is 6. The van der Waals surface area contributed by atoms with Crippen LogP contribution < -0.4 is 4.40 Å². The molecule has 0 aliphatic carbocycles. The number of imidazole rings is 1. The third-order valence-corrected chi connectivity index (χ3v) is 15.1. The van der Waals surface area contributed by atoms with Crippen LogP contribution in [0.3, 0.4) is 0 Å². The SMILES string of the molecule is CC(C)c1ccc2c(c1)sc1c(-c3nc4c5ccccc5ccc4n3C(C)C)[c-]ccc12.[2H]C(C)(C)c1cc(-c2[c-]cccc2)nc[c]1[Ge]([CH3])([CH3])[CH3].[Ir]. The van der Waals surface area contributed by atoms with E-state index in [1.54, 1.807) is 0 Å². The van der Waals surface area contributed by atoms with E-state index in [0.717, 1.165) is 33.7 Å². The first-order chi connectivity index (χ1) is 24.7. The molecule has 1 radical (unpaired) electrons. The van der Waals surface area contributed by atoms with Crippen LogP contribution in [0.5, 0.6) is 0 Å². The Labute approximate surface area is 330 Å². The van der Waals surface area contributed by atoms with Gasteiger partial charge in [0.05, 0.1) is 16.9 Å².